The van der Waals surface area contributed by atoms with Crippen molar-refractivity contribution in [1.82, 2.24) is 15.1 Å². The average molecular weight is 269 g/mol. The van der Waals surface area contributed by atoms with E-state index in [0.29, 0.717) is 6.10 Å². The molecule has 0 saturated carbocycles. The van der Waals surface area contributed by atoms with Crippen molar-refractivity contribution in [3.05, 3.63) is 0 Å². The lowest BCUT2D eigenvalue weighted by atomic mass is 10.1. The van der Waals surface area contributed by atoms with Gasteiger partial charge in [-0.3, -0.25) is 4.90 Å². The summed E-state index contributed by atoms with van der Waals surface area (Å²) in [5.74, 6) is 0. The van der Waals surface area contributed by atoms with Crippen molar-refractivity contribution in [2.75, 3.05) is 53.4 Å². The molecule has 0 aromatic rings. The van der Waals surface area contributed by atoms with Gasteiger partial charge in [-0.25, -0.2) is 0 Å². The first kappa shape index (κ1) is 15.2. The first-order chi connectivity index (χ1) is 9.25. The molecule has 0 aliphatic carbocycles. The molecule has 4 nitrogen and oxygen atoms in total. The highest BCUT2D eigenvalue weighted by Gasteiger charge is 2.24. The van der Waals surface area contributed by atoms with E-state index in [0.717, 1.165) is 25.7 Å². The van der Waals surface area contributed by atoms with Crippen LogP contribution in [0, 0.1) is 0 Å². The Bertz CT molecular complexity index is 242. The van der Waals surface area contributed by atoms with Crippen molar-refractivity contribution in [2.24, 2.45) is 0 Å². The molecule has 0 bridgehead atoms. The molecule has 0 aromatic heterocycles. The zero-order chi connectivity index (χ0) is 13.5. The topological polar surface area (TPSA) is 27.7 Å². The van der Waals surface area contributed by atoms with Crippen LogP contribution in [0.5, 0.6) is 0 Å². The molecule has 1 unspecified atom stereocenters. The lowest BCUT2D eigenvalue weighted by Crippen LogP contribution is -2.38. The van der Waals surface area contributed by atoms with Gasteiger partial charge in [0.25, 0.3) is 0 Å². The van der Waals surface area contributed by atoms with E-state index in [1.807, 2.05) is 0 Å². The fourth-order valence-corrected chi connectivity index (χ4v) is 3.30. The fourth-order valence-electron chi connectivity index (χ4n) is 3.30. The Morgan fingerprint density at radius 2 is 2.00 bits per heavy atom. The molecule has 2 fully saturated rings. The van der Waals surface area contributed by atoms with E-state index in [-0.39, 0.29) is 0 Å². The number of nitrogens with zero attached hydrogens (tertiary/aromatic N) is 2. The van der Waals surface area contributed by atoms with Crippen LogP contribution in [0.1, 0.15) is 32.1 Å². The van der Waals surface area contributed by atoms with Crippen LogP contribution >= 0.6 is 0 Å². The third-order valence-electron chi connectivity index (χ3n) is 4.30. The Hall–Kier alpha value is -0.160. The zero-order valence-corrected chi connectivity index (χ0v) is 12.7. The van der Waals surface area contributed by atoms with Gasteiger partial charge in [0, 0.05) is 25.7 Å². The van der Waals surface area contributed by atoms with E-state index < -0.39 is 0 Å². The van der Waals surface area contributed by atoms with Crippen molar-refractivity contribution in [3.63, 3.8) is 0 Å². The second-order valence-corrected chi connectivity index (χ2v) is 6.27. The minimum atomic E-state index is 0.511. The highest BCUT2D eigenvalue weighted by Crippen LogP contribution is 2.18. The number of ether oxygens (including phenoxy) is 1. The van der Waals surface area contributed by atoms with Gasteiger partial charge >= 0.3 is 0 Å². The maximum Gasteiger partial charge on any atom is 0.0599 e. The Kier molecular flexibility index (Phi) is 6.57. The summed E-state index contributed by atoms with van der Waals surface area (Å²) < 4.78 is 5.98. The Balaban J connectivity index is 1.56. The van der Waals surface area contributed by atoms with E-state index in [1.165, 1.54) is 51.7 Å². The van der Waals surface area contributed by atoms with Crippen LogP contribution in [0.2, 0.25) is 0 Å². The summed E-state index contributed by atoms with van der Waals surface area (Å²) >= 11 is 0. The molecule has 0 spiro atoms. The van der Waals surface area contributed by atoms with Crippen LogP contribution < -0.4 is 5.32 Å². The number of rotatable bonds is 7. The molecule has 4 heteroatoms. The normalized spacial score (nSPS) is 26.4. The lowest BCUT2D eigenvalue weighted by Gasteiger charge is -2.27. The van der Waals surface area contributed by atoms with Crippen molar-refractivity contribution < 1.29 is 4.74 Å². The second-order valence-electron chi connectivity index (χ2n) is 6.27. The number of likely N-dealkylation sites (N-methyl/N-ethyl adjacent to an activating group) is 1. The SMILES string of the molecule is CN(C)CC1CCCN1CCCOC1CCNCC1. The summed E-state index contributed by atoms with van der Waals surface area (Å²) in [6, 6.07) is 0.772. The molecule has 2 rings (SSSR count). The molecular weight excluding hydrogens is 238 g/mol. The van der Waals surface area contributed by atoms with Gasteiger partial charge in [0.1, 0.15) is 0 Å². The Labute approximate surface area is 118 Å². The van der Waals surface area contributed by atoms with Crippen molar-refractivity contribution in [2.45, 2.75) is 44.2 Å². The summed E-state index contributed by atoms with van der Waals surface area (Å²) in [5.41, 5.74) is 0. The third kappa shape index (κ3) is 5.38. The number of piperidine rings is 1. The number of likely N-dealkylation sites (tertiary alicyclic amines) is 1. The second kappa shape index (κ2) is 8.20. The molecule has 0 aromatic carbocycles. The van der Waals surface area contributed by atoms with Crippen LogP contribution in [0.4, 0.5) is 0 Å². The van der Waals surface area contributed by atoms with E-state index in [2.05, 4.69) is 29.2 Å². The summed E-state index contributed by atoms with van der Waals surface area (Å²) in [7, 11) is 4.35. The average Bonchev–Trinajstić information content (AvgIpc) is 2.82. The molecular formula is C15H31N3O. The largest absolute Gasteiger partial charge is 0.378 e. The molecule has 2 heterocycles. The zero-order valence-electron chi connectivity index (χ0n) is 12.7. The molecule has 112 valence electrons. The third-order valence-corrected chi connectivity index (χ3v) is 4.30. The molecule has 0 radical (unpaired) electrons. The van der Waals surface area contributed by atoms with E-state index >= 15 is 0 Å². The first-order valence-electron chi connectivity index (χ1n) is 7.97. The van der Waals surface area contributed by atoms with Crippen LogP contribution in [-0.4, -0.2) is 75.4 Å². The minimum Gasteiger partial charge on any atom is -0.378 e. The van der Waals surface area contributed by atoms with E-state index in [9.17, 15) is 0 Å². The molecule has 2 aliphatic heterocycles. The van der Waals surface area contributed by atoms with Gasteiger partial charge < -0.3 is 15.0 Å². The van der Waals surface area contributed by atoms with Crippen LogP contribution in [-0.2, 0) is 4.74 Å². The summed E-state index contributed by atoms with van der Waals surface area (Å²) in [5, 5.41) is 3.38. The number of hydrogen-bond acceptors (Lipinski definition) is 4. The molecule has 19 heavy (non-hydrogen) atoms. The van der Waals surface area contributed by atoms with Gasteiger partial charge in [0.05, 0.1) is 6.10 Å². The molecule has 0 amide bonds. The minimum absolute atomic E-state index is 0.511. The molecule has 1 atom stereocenters. The van der Waals surface area contributed by atoms with Gasteiger partial charge in [0.15, 0.2) is 0 Å². The van der Waals surface area contributed by atoms with Crippen LogP contribution in [0.3, 0.4) is 0 Å². The summed E-state index contributed by atoms with van der Waals surface area (Å²) in [4.78, 5) is 4.97. The van der Waals surface area contributed by atoms with Gasteiger partial charge in [-0.05, 0) is 65.8 Å². The number of hydrogen-bond donors (Lipinski definition) is 1. The first-order valence-corrected chi connectivity index (χ1v) is 7.97. The highest BCUT2D eigenvalue weighted by atomic mass is 16.5. The predicted octanol–water partition coefficient (Wildman–Crippen LogP) is 1.17. The standard InChI is InChI=1S/C15H31N3O/c1-17(2)13-14-5-3-10-18(14)11-4-12-19-15-6-8-16-9-7-15/h14-16H,3-13H2,1-2H3. The predicted molar refractivity (Wildman–Crippen MR) is 79.6 cm³/mol. The van der Waals surface area contributed by atoms with Gasteiger partial charge in [0.2, 0.25) is 0 Å². The summed E-state index contributed by atoms with van der Waals surface area (Å²) in [6.07, 6.45) is 6.81. The van der Waals surface area contributed by atoms with Gasteiger partial charge in [-0.2, -0.15) is 0 Å². The molecule has 1 N–H and O–H groups in total. The monoisotopic (exact) mass is 269 g/mol. The van der Waals surface area contributed by atoms with E-state index in [1.54, 1.807) is 0 Å². The number of nitrogens with one attached hydrogen (secondary N) is 1. The van der Waals surface area contributed by atoms with Crippen molar-refractivity contribution in [1.29, 1.82) is 0 Å². The Morgan fingerprint density at radius 1 is 1.21 bits per heavy atom. The Morgan fingerprint density at radius 3 is 2.74 bits per heavy atom. The van der Waals surface area contributed by atoms with Gasteiger partial charge in [-0.15, -0.1) is 0 Å². The lowest BCUT2D eigenvalue weighted by molar-refractivity contribution is 0.0269. The molecule has 2 aliphatic rings. The van der Waals surface area contributed by atoms with Gasteiger partial charge in [-0.1, -0.05) is 0 Å². The maximum absolute atomic E-state index is 5.98. The van der Waals surface area contributed by atoms with E-state index in [4.69, 9.17) is 4.74 Å². The van der Waals surface area contributed by atoms with Crippen molar-refractivity contribution >= 4 is 0 Å². The van der Waals surface area contributed by atoms with Crippen LogP contribution in [0.15, 0.2) is 0 Å². The highest BCUT2D eigenvalue weighted by molar-refractivity contribution is 4.80. The fraction of sp³-hybridized carbons (Fsp3) is 1.00. The summed E-state index contributed by atoms with van der Waals surface area (Å²) in [6.45, 7) is 6.89. The van der Waals surface area contributed by atoms with Crippen molar-refractivity contribution in [3.8, 4) is 0 Å². The smallest absolute Gasteiger partial charge is 0.0599 e. The molecule has 2 saturated heterocycles. The van der Waals surface area contributed by atoms with Crippen LogP contribution in [0.25, 0.3) is 0 Å². The maximum atomic E-state index is 5.98. The quantitative estimate of drug-likeness (QED) is 0.702.